The summed E-state index contributed by atoms with van der Waals surface area (Å²) < 4.78 is 10.6. The molecule has 0 N–H and O–H groups in total. The first-order valence-electron chi connectivity index (χ1n) is 4.22. The zero-order valence-electron chi connectivity index (χ0n) is 6.99. The minimum atomic E-state index is -0.538. The standard InChI is InChI=1S/C8H12O3S/c1-2-12-7-3-5(9)8-10-4-6(7)11-8/h6-8H,2-4H2,1H3/t6-,7-,8-/m1/s1. The van der Waals surface area contributed by atoms with E-state index in [1.54, 1.807) is 11.8 Å². The summed E-state index contributed by atoms with van der Waals surface area (Å²) in [5.41, 5.74) is 0. The molecule has 0 aliphatic carbocycles. The monoisotopic (exact) mass is 188 g/mol. The minimum absolute atomic E-state index is 0.106. The molecule has 0 amide bonds. The molecule has 2 bridgehead atoms. The summed E-state index contributed by atoms with van der Waals surface area (Å²) in [6.45, 7) is 2.69. The Labute approximate surface area is 75.8 Å². The average molecular weight is 188 g/mol. The summed E-state index contributed by atoms with van der Waals surface area (Å²) in [4.78, 5) is 11.3. The van der Waals surface area contributed by atoms with Gasteiger partial charge in [-0.1, -0.05) is 6.92 Å². The molecule has 3 atom stereocenters. The van der Waals surface area contributed by atoms with Gasteiger partial charge in [0.25, 0.3) is 0 Å². The molecule has 2 fully saturated rings. The van der Waals surface area contributed by atoms with Gasteiger partial charge < -0.3 is 9.47 Å². The van der Waals surface area contributed by atoms with Crippen LogP contribution in [0.4, 0.5) is 0 Å². The first-order valence-corrected chi connectivity index (χ1v) is 5.27. The van der Waals surface area contributed by atoms with Crippen LogP contribution < -0.4 is 0 Å². The van der Waals surface area contributed by atoms with Crippen molar-refractivity contribution in [2.75, 3.05) is 12.4 Å². The summed E-state index contributed by atoms with van der Waals surface area (Å²) in [5, 5.41) is 0.321. The molecule has 68 valence electrons. The number of carbonyl (C=O) groups excluding carboxylic acids is 1. The minimum Gasteiger partial charge on any atom is -0.343 e. The lowest BCUT2D eigenvalue weighted by molar-refractivity contribution is -0.151. The number of hydrogen-bond acceptors (Lipinski definition) is 4. The molecule has 3 nitrogen and oxygen atoms in total. The van der Waals surface area contributed by atoms with Crippen molar-refractivity contribution in [2.45, 2.75) is 31.0 Å². The molecular formula is C8H12O3S. The van der Waals surface area contributed by atoms with E-state index in [0.717, 1.165) is 5.75 Å². The van der Waals surface area contributed by atoms with Gasteiger partial charge in [0.05, 0.1) is 12.7 Å². The Morgan fingerprint density at radius 2 is 2.50 bits per heavy atom. The number of ether oxygens (including phenoxy) is 2. The largest absolute Gasteiger partial charge is 0.343 e. The summed E-state index contributed by atoms with van der Waals surface area (Å²) in [7, 11) is 0. The van der Waals surface area contributed by atoms with Crippen LogP contribution in [-0.4, -0.2) is 35.8 Å². The van der Waals surface area contributed by atoms with Crippen LogP contribution in [0.3, 0.4) is 0 Å². The summed E-state index contributed by atoms with van der Waals surface area (Å²) in [6.07, 6.45) is 0.231. The fourth-order valence-corrected chi connectivity index (χ4v) is 2.66. The van der Waals surface area contributed by atoms with Crippen molar-refractivity contribution in [3.8, 4) is 0 Å². The van der Waals surface area contributed by atoms with Gasteiger partial charge in [-0.2, -0.15) is 11.8 Å². The van der Waals surface area contributed by atoms with Gasteiger partial charge in [0, 0.05) is 11.7 Å². The van der Waals surface area contributed by atoms with E-state index in [0.29, 0.717) is 18.3 Å². The van der Waals surface area contributed by atoms with E-state index in [4.69, 9.17) is 9.47 Å². The molecule has 2 rings (SSSR count). The van der Waals surface area contributed by atoms with E-state index in [9.17, 15) is 4.79 Å². The summed E-state index contributed by atoms with van der Waals surface area (Å²) in [5.74, 6) is 1.14. The molecule has 0 aromatic carbocycles. The van der Waals surface area contributed by atoms with E-state index in [1.165, 1.54) is 0 Å². The van der Waals surface area contributed by atoms with Crippen LogP contribution in [0.1, 0.15) is 13.3 Å². The third-order valence-electron chi connectivity index (χ3n) is 2.17. The average Bonchev–Trinajstić information content (AvgIpc) is 2.46. The van der Waals surface area contributed by atoms with E-state index < -0.39 is 6.29 Å². The number of rotatable bonds is 2. The van der Waals surface area contributed by atoms with Crippen molar-refractivity contribution >= 4 is 17.5 Å². The highest BCUT2D eigenvalue weighted by Gasteiger charge is 2.42. The van der Waals surface area contributed by atoms with Crippen LogP contribution >= 0.6 is 11.8 Å². The Kier molecular flexibility index (Phi) is 2.39. The predicted octanol–water partition coefficient (Wildman–Crippen LogP) is 0.822. The smallest absolute Gasteiger partial charge is 0.218 e. The quantitative estimate of drug-likeness (QED) is 0.643. The Morgan fingerprint density at radius 3 is 3.25 bits per heavy atom. The Hall–Kier alpha value is -0.0600. The second-order valence-electron chi connectivity index (χ2n) is 3.00. The van der Waals surface area contributed by atoms with Gasteiger partial charge in [0.2, 0.25) is 6.29 Å². The summed E-state index contributed by atoms with van der Waals surface area (Å²) in [6, 6.07) is 0. The molecule has 2 aliphatic heterocycles. The van der Waals surface area contributed by atoms with Crippen LogP contribution in [-0.2, 0) is 14.3 Å². The highest BCUT2D eigenvalue weighted by Crippen LogP contribution is 2.32. The van der Waals surface area contributed by atoms with Gasteiger partial charge in [0.15, 0.2) is 5.78 Å². The first kappa shape index (κ1) is 8.53. The van der Waals surface area contributed by atoms with Gasteiger partial charge in [-0.15, -0.1) is 0 Å². The van der Waals surface area contributed by atoms with Crippen LogP contribution in [0.15, 0.2) is 0 Å². The van der Waals surface area contributed by atoms with E-state index in [2.05, 4.69) is 6.92 Å². The molecule has 12 heavy (non-hydrogen) atoms. The van der Waals surface area contributed by atoms with E-state index in [1.807, 2.05) is 0 Å². The number of carbonyl (C=O) groups is 1. The molecule has 0 unspecified atom stereocenters. The van der Waals surface area contributed by atoms with Gasteiger partial charge in [-0.05, 0) is 5.75 Å². The topological polar surface area (TPSA) is 35.5 Å². The molecule has 0 aromatic heterocycles. The number of Topliss-reactive ketones (excluding diaryl/α,β-unsaturated/α-hetero) is 1. The van der Waals surface area contributed by atoms with Crippen molar-refractivity contribution in [1.82, 2.24) is 0 Å². The summed E-state index contributed by atoms with van der Waals surface area (Å²) >= 11 is 1.79. The second kappa shape index (κ2) is 3.36. The third kappa shape index (κ3) is 1.39. The molecule has 0 saturated carbocycles. The first-order chi connectivity index (χ1) is 5.81. The predicted molar refractivity (Wildman–Crippen MR) is 46.2 cm³/mol. The van der Waals surface area contributed by atoms with Crippen molar-refractivity contribution in [2.24, 2.45) is 0 Å². The Morgan fingerprint density at radius 1 is 1.67 bits per heavy atom. The third-order valence-corrected chi connectivity index (χ3v) is 3.40. The molecule has 2 heterocycles. The number of fused-ring (bicyclic) bond motifs is 2. The van der Waals surface area contributed by atoms with Gasteiger partial charge >= 0.3 is 0 Å². The fraction of sp³-hybridized carbons (Fsp3) is 0.875. The van der Waals surface area contributed by atoms with Crippen molar-refractivity contribution < 1.29 is 14.3 Å². The number of ketones is 1. The Balaban J connectivity index is 2.02. The molecule has 0 radical (unpaired) electrons. The zero-order valence-corrected chi connectivity index (χ0v) is 7.80. The normalized spacial score (nSPS) is 40.4. The maximum absolute atomic E-state index is 11.3. The van der Waals surface area contributed by atoms with Gasteiger partial charge in [0.1, 0.15) is 0 Å². The highest BCUT2D eigenvalue weighted by atomic mass is 32.2. The van der Waals surface area contributed by atoms with Crippen LogP contribution in [0, 0.1) is 0 Å². The van der Waals surface area contributed by atoms with Crippen LogP contribution in [0.5, 0.6) is 0 Å². The molecular weight excluding hydrogens is 176 g/mol. The highest BCUT2D eigenvalue weighted by molar-refractivity contribution is 7.99. The van der Waals surface area contributed by atoms with Crippen LogP contribution in [0.2, 0.25) is 0 Å². The lowest BCUT2D eigenvalue weighted by Crippen LogP contribution is -2.37. The van der Waals surface area contributed by atoms with Gasteiger partial charge in [-0.3, -0.25) is 4.79 Å². The van der Waals surface area contributed by atoms with E-state index >= 15 is 0 Å². The number of hydrogen-bond donors (Lipinski definition) is 0. The van der Waals surface area contributed by atoms with Crippen molar-refractivity contribution in [3.63, 3.8) is 0 Å². The molecule has 2 saturated heterocycles. The Bertz CT molecular complexity index is 195. The van der Waals surface area contributed by atoms with Crippen molar-refractivity contribution in [3.05, 3.63) is 0 Å². The molecule has 2 aliphatic rings. The van der Waals surface area contributed by atoms with Gasteiger partial charge in [-0.25, -0.2) is 0 Å². The molecule has 4 heteroatoms. The molecule has 0 spiro atoms. The van der Waals surface area contributed by atoms with E-state index in [-0.39, 0.29) is 11.9 Å². The SMILES string of the molecule is CCS[C@@H]1CC(=O)[C@@H]2OC[C@H]1O2. The fourth-order valence-electron chi connectivity index (χ4n) is 1.59. The lowest BCUT2D eigenvalue weighted by Gasteiger charge is -2.25. The maximum Gasteiger partial charge on any atom is 0.218 e. The second-order valence-corrected chi connectivity index (χ2v) is 4.52. The zero-order chi connectivity index (χ0) is 8.55. The molecule has 0 aromatic rings. The maximum atomic E-state index is 11.3. The number of thioether (sulfide) groups is 1. The lowest BCUT2D eigenvalue weighted by atomic mass is 10.1. The van der Waals surface area contributed by atoms with Crippen LogP contribution in [0.25, 0.3) is 0 Å². The van der Waals surface area contributed by atoms with Crippen molar-refractivity contribution in [1.29, 1.82) is 0 Å².